The molecule has 0 spiro atoms. The summed E-state index contributed by atoms with van der Waals surface area (Å²) in [5.74, 6) is 0. The van der Waals surface area contributed by atoms with Crippen molar-refractivity contribution in [2.24, 2.45) is 0 Å². The van der Waals surface area contributed by atoms with Crippen LogP contribution >= 0.6 is 11.3 Å². The highest BCUT2D eigenvalue weighted by Crippen LogP contribution is 2.14. The molecule has 2 heteroatoms. The van der Waals surface area contributed by atoms with Gasteiger partial charge in [-0.25, -0.2) is 0 Å². The molecule has 0 unspecified atom stereocenters. The Hall–Kier alpha value is -1.12. The minimum absolute atomic E-state index is 0.403. The van der Waals surface area contributed by atoms with Crippen LogP contribution in [0.1, 0.15) is 29.7 Å². The minimum Gasteiger partial charge on any atom is -0.306 e. The first-order valence-corrected chi connectivity index (χ1v) is 6.51. The molecule has 0 amide bonds. The van der Waals surface area contributed by atoms with Gasteiger partial charge in [0.2, 0.25) is 0 Å². The van der Waals surface area contributed by atoms with Gasteiger partial charge in [0.25, 0.3) is 0 Å². The fraction of sp³-hybridized carbons (Fsp3) is 0.286. The predicted molar refractivity (Wildman–Crippen MR) is 70.8 cm³/mol. The number of hydrogen-bond donors (Lipinski definition) is 1. The van der Waals surface area contributed by atoms with Crippen LogP contribution in [0, 0.1) is 6.92 Å². The van der Waals surface area contributed by atoms with Gasteiger partial charge in [0.1, 0.15) is 0 Å². The van der Waals surface area contributed by atoms with Gasteiger partial charge in [0.15, 0.2) is 0 Å². The van der Waals surface area contributed by atoms with Crippen molar-refractivity contribution in [1.29, 1.82) is 0 Å². The van der Waals surface area contributed by atoms with E-state index >= 15 is 0 Å². The first-order valence-electron chi connectivity index (χ1n) is 5.57. The summed E-state index contributed by atoms with van der Waals surface area (Å²) in [6, 6.07) is 11.3. The third kappa shape index (κ3) is 2.94. The second kappa shape index (κ2) is 5.28. The Bertz CT molecular complexity index is 417. The largest absolute Gasteiger partial charge is 0.306 e. The van der Waals surface area contributed by atoms with Crippen LogP contribution in [0.3, 0.4) is 0 Å². The molecule has 84 valence electrons. The van der Waals surface area contributed by atoms with Gasteiger partial charge in [-0.3, -0.25) is 0 Å². The normalized spacial score (nSPS) is 12.6. The lowest BCUT2D eigenvalue weighted by Gasteiger charge is -2.13. The zero-order chi connectivity index (χ0) is 11.4. The van der Waals surface area contributed by atoms with E-state index in [1.807, 2.05) is 0 Å². The Morgan fingerprint density at radius 2 is 1.94 bits per heavy atom. The smallest absolute Gasteiger partial charge is 0.0294 e. The number of thiophene rings is 1. The van der Waals surface area contributed by atoms with E-state index in [0.717, 1.165) is 6.54 Å². The quantitative estimate of drug-likeness (QED) is 0.841. The van der Waals surface area contributed by atoms with E-state index in [-0.39, 0.29) is 0 Å². The summed E-state index contributed by atoms with van der Waals surface area (Å²) in [6.07, 6.45) is 0. The van der Waals surface area contributed by atoms with Gasteiger partial charge >= 0.3 is 0 Å². The monoisotopic (exact) mass is 231 g/mol. The molecule has 0 saturated carbocycles. The first kappa shape index (κ1) is 11.4. The second-order valence-corrected chi connectivity index (χ2v) is 4.92. The lowest BCUT2D eigenvalue weighted by molar-refractivity contribution is 0.575. The van der Waals surface area contributed by atoms with Gasteiger partial charge in [-0.2, -0.15) is 11.3 Å². The van der Waals surface area contributed by atoms with Crippen LogP contribution in [0.15, 0.2) is 41.1 Å². The average molecular weight is 231 g/mol. The van der Waals surface area contributed by atoms with E-state index in [1.165, 1.54) is 16.7 Å². The molecule has 1 N–H and O–H groups in total. The standard InChI is InChI=1S/C14H17NS/c1-11-3-5-14(6-4-11)12(2)15-9-13-7-8-16-10-13/h3-8,10,12,15H,9H2,1-2H3/t12-/m1/s1. The van der Waals surface area contributed by atoms with E-state index in [9.17, 15) is 0 Å². The van der Waals surface area contributed by atoms with Gasteiger partial charge in [0, 0.05) is 12.6 Å². The summed E-state index contributed by atoms with van der Waals surface area (Å²) in [4.78, 5) is 0. The van der Waals surface area contributed by atoms with Crippen molar-refractivity contribution in [1.82, 2.24) is 5.32 Å². The van der Waals surface area contributed by atoms with Gasteiger partial charge in [-0.05, 0) is 41.8 Å². The third-order valence-electron chi connectivity index (χ3n) is 2.77. The summed E-state index contributed by atoms with van der Waals surface area (Å²) in [6.45, 7) is 5.27. The Morgan fingerprint density at radius 3 is 2.56 bits per heavy atom. The van der Waals surface area contributed by atoms with Crippen molar-refractivity contribution in [3.63, 3.8) is 0 Å². The zero-order valence-corrected chi connectivity index (χ0v) is 10.6. The summed E-state index contributed by atoms with van der Waals surface area (Å²) in [5.41, 5.74) is 4.03. The molecule has 16 heavy (non-hydrogen) atoms. The Labute approximate surface area is 101 Å². The van der Waals surface area contributed by atoms with Gasteiger partial charge in [-0.1, -0.05) is 29.8 Å². The van der Waals surface area contributed by atoms with Gasteiger partial charge in [0.05, 0.1) is 0 Å². The average Bonchev–Trinajstić information content (AvgIpc) is 2.80. The number of rotatable bonds is 4. The molecule has 0 aliphatic heterocycles. The van der Waals surface area contributed by atoms with E-state index in [0.29, 0.717) is 6.04 Å². The number of hydrogen-bond acceptors (Lipinski definition) is 2. The lowest BCUT2D eigenvalue weighted by atomic mass is 10.1. The predicted octanol–water partition coefficient (Wildman–Crippen LogP) is 3.91. The SMILES string of the molecule is Cc1ccc([C@@H](C)NCc2ccsc2)cc1. The van der Waals surface area contributed by atoms with E-state index in [2.05, 4.69) is 60.3 Å². The fourth-order valence-corrected chi connectivity index (χ4v) is 2.31. The molecule has 1 aromatic heterocycles. The molecule has 2 rings (SSSR count). The van der Waals surface area contributed by atoms with Crippen molar-refractivity contribution in [2.75, 3.05) is 0 Å². The Morgan fingerprint density at radius 1 is 1.19 bits per heavy atom. The zero-order valence-electron chi connectivity index (χ0n) is 9.73. The molecule has 1 atom stereocenters. The summed E-state index contributed by atoms with van der Waals surface area (Å²) >= 11 is 1.75. The van der Waals surface area contributed by atoms with E-state index in [4.69, 9.17) is 0 Å². The van der Waals surface area contributed by atoms with Crippen LogP contribution < -0.4 is 5.32 Å². The molecule has 0 radical (unpaired) electrons. The second-order valence-electron chi connectivity index (χ2n) is 4.14. The number of nitrogens with one attached hydrogen (secondary N) is 1. The molecular weight excluding hydrogens is 214 g/mol. The summed E-state index contributed by atoms with van der Waals surface area (Å²) in [7, 11) is 0. The van der Waals surface area contributed by atoms with Crippen molar-refractivity contribution < 1.29 is 0 Å². The highest BCUT2D eigenvalue weighted by atomic mass is 32.1. The topological polar surface area (TPSA) is 12.0 Å². The van der Waals surface area contributed by atoms with Crippen LogP contribution in [0.4, 0.5) is 0 Å². The lowest BCUT2D eigenvalue weighted by Crippen LogP contribution is -2.17. The van der Waals surface area contributed by atoms with Crippen molar-refractivity contribution in [2.45, 2.75) is 26.4 Å². The molecule has 0 bridgehead atoms. The first-order chi connectivity index (χ1) is 7.75. The van der Waals surface area contributed by atoms with Crippen LogP contribution in [-0.2, 0) is 6.54 Å². The van der Waals surface area contributed by atoms with Crippen LogP contribution in [0.25, 0.3) is 0 Å². The van der Waals surface area contributed by atoms with Crippen molar-refractivity contribution in [3.8, 4) is 0 Å². The molecule has 0 aliphatic carbocycles. The molecule has 1 nitrogen and oxygen atoms in total. The fourth-order valence-electron chi connectivity index (χ4n) is 1.64. The van der Waals surface area contributed by atoms with Crippen LogP contribution in [0.5, 0.6) is 0 Å². The van der Waals surface area contributed by atoms with Gasteiger partial charge in [-0.15, -0.1) is 0 Å². The van der Waals surface area contributed by atoms with Crippen LogP contribution in [0.2, 0.25) is 0 Å². The molecule has 1 heterocycles. The third-order valence-corrected chi connectivity index (χ3v) is 3.50. The van der Waals surface area contributed by atoms with E-state index < -0.39 is 0 Å². The highest BCUT2D eigenvalue weighted by Gasteiger charge is 2.04. The summed E-state index contributed by atoms with van der Waals surface area (Å²) < 4.78 is 0. The Kier molecular flexibility index (Phi) is 3.75. The molecule has 1 aromatic carbocycles. The molecule has 0 saturated heterocycles. The van der Waals surface area contributed by atoms with Gasteiger partial charge < -0.3 is 5.32 Å². The maximum absolute atomic E-state index is 3.53. The Balaban J connectivity index is 1.93. The molecule has 0 fully saturated rings. The number of benzene rings is 1. The highest BCUT2D eigenvalue weighted by molar-refractivity contribution is 7.07. The van der Waals surface area contributed by atoms with Crippen molar-refractivity contribution >= 4 is 11.3 Å². The number of aryl methyl sites for hydroxylation is 1. The maximum atomic E-state index is 3.53. The van der Waals surface area contributed by atoms with E-state index in [1.54, 1.807) is 11.3 Å². The maximum Gasteiger partial charge on any atom is 0.0294 e. The van der Waals surface area contributed by atoms with Crippen molar-refractivity contribution in [3.05, 3.63) is 57.8 Å². The van der Waals surface area contributed by atoms with Crippen LogP contribution in [-0.4, -0.2) is 0 Å². The molecule has 0 aliphatic rings. The summed E-state index contributed by atoms with van der Waals surface area (Å²) in [5, 5.41) is 7.84. The molecular formula is C14H17NS. The molecule has 2 aromatic rings. The minimum atomic E-state index is 0.403.